The molecule has 3 rings (SSSR count). The Hall–Kier alpha value is -1.09. The molecular weight excluding hydrogens is 202 g/mol. The first-order chi connectivity index (χ1) is 7.74. The van der Waals surface area contributed by atoms with Crippen molar-refractivity contribution in [3.63, 3.8) is 0 Å². The van der Waals surface area contributed by atoms with Crippen molar-refractivity contribution in [2.24, 2.45) is 11.3 Å². The number of rotatable bonds is 1. The molecule has 1 fully saturated rings. The summed E-state index contributed by atoms with van der Waals surface area (Å²) in [7, 11) is 0. The highest BCUT2D eigenvalue weighted by atomic mass is 16.4. The molecule has 3 heteroatoms. The fraction of sp³-hybridized carbons (Fsp3) is 0.615. The number of nitrogens with one attached hydrogen (secondary N) is 1. The zero-order valence-corrected chi connectivity index (χ0v) is 9.33. The first-order valence-corrected chi connectivity index (χ1v) is 6.08. The van der Waals surface area contributed by atoms with Crippen molar-refractivity contribution in [1.82, 2.24) is 5.32 Å². The van der Waals surface area contributed by atoms with Crippen LogP contribution in [0.4, 0.5) is 0 Å². The van der Waals surface area contributed by atoms with E-state index >= 15 is 0 Å². The summed E-state index contributed by atoms with van der Waals surface area (Å²) in [5.41, 5.74) is 1.89. The van der Waals surface area contributed by atoms with Gasteiger partial charge in [0.15, 0.2) is 0 Å². The lowest BCUT2D eigenvalue weighted by Gasteiger charge is -2.37. The molecule has 0 bridgehead atoms. The fourth-order valence-corrected chi connectivity index (χ4v) is 3.47. The number of allylic oxidation sites excluding steroid dienone is 3. The number of hydrogen-bond donors (Lipinski definition) is 2. The number of carboxylic acid groups (broad SMARTS) is 1. The molecule has 1 heterocycles. The van der Waals surface area contributed by atoms with E-state index < -0.39 is 11.4 Å². The molecule has 0 saturated carbocycles. The maximum atomic E-state index is 11.5. The lowest BCUT2D eigenvalue weighted by atomic mass is 9.66. The van der Waals surface area contributed by atoms with Gasteiger partial charge in [0, 0.05) is 13.1 Å². The van der Waals surface area contributed by atoms with Crippen LogP contribution < -0.4 is 5.32 Å². The fourth-order valence-electron chi connectivity index (χ4n) is 3.47. The normalized spacial score (nSPS) is 37.1. The van der Waals surface area contributed by atoms with Crippen molar-refractivity contribution >= 4 is 5.97 Å². The van der Waals surface area contributed by atoms with Crippen LogP contribution in [0.2, 0.25) is 0 Å². The molecule has 0 amide bonds. The third-order valence-electron chi connectivity index (χ3n) is 4.40. The van der Waals surface area contributed by atoms with E-state index in [2.05, 4.69) is 17.5 Å². The average Bonchev–Trinajstić information content (AvgIpc) is 2.74. The Bertz CT molecular complexity index is 397. The molecule has 2 N–H and O–H groups in total. The van der Waals surface area contributed by atoms with Crippen molar-refractivity contribution in [3.8, 4) is 0 Å². The second kappa shape index (κ2) is 3.45. The van der Waals surface area contributed by atoms with Crippen LogP contribution in [0.15, 0.2) is 23.3 Å². The largest absolute Gasteiger partial charge is 0.481 e. The summed E-state index contributed by atoms with van der Waals surface area (Å²) in [6.45, 7) is 1.38. The van der Waals surface area contributed by atoms with Gasteiger partial charge in [0.1, 0.15) is 5.41 Å². The van der Waals surface area contributed by atoms with E-state index in [4.69, 9.17) is 0 Å². The van der Waals surface area contributed by atoms with Crippen LogP contribution in [-0.4, -0.2) is 24.2 Å². The Balaban J connectivity index is 2.12. The van der Waals surface area contributed by atoms with Gasteiger partial charge in [-0.3, -0.25) is 4.79 Å². The van der Waals surface area contributed by atoms with Gasteiger partial charge in [0.05, 0.1) is 0 Å². The van der Waals surface area contributed by atoms with Gasteiger partial charge >= 0.3 is 5.97 Å². The quantitative estimate of drug-likeness (QED) is 0.706. The van der Waals surface area contributed by atoms with Crippen molar-refractivity contribution < 1.29 is 9.90 Å². The van der Waals surface area contributed by atoms with Gasteiger partial charge in [-0.1, -0.05) is 12.2 Å². The number of fused-ring (bicyclic) bond motifs is 2. The third-order valence-corrected chi connectivity index (χ3v) is 4.40. The minimum absolute atomic E-state index is 0.590. The molecule has 0 radical (unpaired) electrons. The van der Waals surface area contributed by atoms with Crippen molar-refractivity contribution in [2.45, 2.75) is 25.7 Å². The standard InChI is InChI=1S/C13H17NO2/c15-12(16)13-6-5-9-3-1-2-4-10(9)11(13)7-14-8-13/h2,4,9,14H,1,3,5-8H2,(H,15,16). The van der Waals surface area contributed by atoms with E-state index in [0.29, 0.717) is 12.5 Å². The van der Waals surface area contributed by atoms with E-state index in [0.717, 1.165) is 31.4 Å². The predicted octanol–water partition coefficient (Wildman–Crippen LogP) is 1.72. The van der Waals surface area contributed by atoms with Crippen LogP contribution in [-0.2, 0) is 4.79 Å². The summed E-state index contributed by atoms with van der Waals surface area (Å²) in [5, 5.41) is 12.7. The van der Waals surface area contributed by atoms with E-state index in [1.165, 1.54) is 12.0 Å². The predicted molar refractivity (Wildman–Crippen MR) is 61.1 cm³/mol. The summed E-state index contributed by atoms with van der Waals surface area (Å²) < 4.78 is 0. The summed E-state index contributed by atoms with van der Waals surface area (Å²) in [6.07, 6.45) is 8.56. The minimum atomic E-state index is -0.641. The SMILES string of the molecule is O=C(O)C12CCC3CCC=CC3=C1CNC2. The van der Waals surface area contributed by atoms with Crippen molar-refractivity contribution in [2.75, 3.05) is 13.1 Å². The lowest BCUT2D eigenvalue weighted by Crippen LogP contribution is -2.38. The van der Waals surface area contributed by atoms with Gasteiger partial charge in [0.2, 0.25) is 0 Å². The van der Waals surface area contributed by atoms with Crippen LogP contribution in [0.5, 0.6) is 0 Å². The van der Waals surface area contributed by atoms with E-state index in [1.54, 1.807) is 0 Å². The summed E-state index contributed by atoms with van der Waals surface area (Å²) in [4.78, 5) is 11.5. The second-order valence-corrected chi connectivity index (χ2v) is 5.14. The molecule has 2 unspecified atom stereocenters. The van der Waals surface area contributed by atoms with Crippen LogP contribution in [0.25, 0.3) is 0 Å². The molecule has 0 spiro atoms. The Morgan fingerprint density at radius 1 is 1.50 bits per heavy atom. The molecule has 2 aliphatic carbocycles. The van der Waals surface area contributed by atoms with Crippen molar-refractivity contribution in [3.05, 3.63) is 23.3 Å². The van der Waals surface area contributed by atoms with Gasteiger partial charge in [-0.25, -0.2) is 0 Å². The highest BCUT2D eigenvalue weighted by molar-refractivity contribution is 5.81. The topological polar surface area (TPSA) is 49.3 Å². The first kappa shape index (κ1) is 10.1. The molecule has 2 atom stereocenters. The number of hydrogen-bond acceptors (Lipinski definition) is 2. The van der Waals surface area contributed by atoms with Crippen LogP contribution in [0, 0.1) is 11.3 Å². The molecule has 1 saturated heterocycles. The molecule has 0 aromatic carbocycles. The Morgan fingerprint density at radius 2 is 2.38 bits per heavy atom. The second-order valence-electron chi connectivity index (χ2n) is 5.14. The van der Waals surface area contributed by atoms with Crippen LogP contribution in [0.3, 0.4) is 0 Å². The van der Waals surface area contributed by atoms with Crippen molar-refractivity contribution in [1.29, 1.82) is 0 Å². The Kier molecular flexibility index (Phi) is 2.18. The highest BCUT2D eigenvalue weighted by Crippen LogP contribution is 2.48. The van der Waals surface area contributed by atoms with E-state index in [-0.39, 0.29) is 0 Å². The van der Waals surface area contributed by atoms with Gasteiger partial charge in [-0.05, 0) is 42.7 Å². The maximum absolute atomic E-state index is 11.5. The number of carbonyl (C=O) groups is 1. The van der Waals surface area contributed by atoms with Gasteiger partial charge in [-0.2, -0.15) is 0 Å². The van der Waals surface area contributed by atoms with Gasteiger partial charge in [0.25, 0.3) is 0 Å². The zero-order valence-electron chi connectivity index (χ0n) is 9.33. The third kappa shape index (κ3) is 1.21. The molecular formula is C13H17NO2. The molecule has 86 valence electrons. The smallest absolute Gasteiger partial charge is 0.315 e. The summed E-state index contributed by atoms with van der Waals surface area (Å²) >= 11 is 0. The number of aliphatic carboxylic acids is 1. The Labute approximate surface area is 95.2 Å². The minimum Gasteiger partial charge on any atom is -0.481 e. The van der Waals surface area contributed by atoms with Crippen LogP contribution >= 0.6 is 0 Å². The summed E-state index contributed by atoms with van der Waals surface area (Å²) in [6, 6.07) is 0. The number of carboxylic acids is 1. The Morgan fingerprint density at radius 3 is 3.19 bits per heavy atom. The molecule has 3 nitrogen and oxygen atoms in total. The van der Waals surface area contributed by atoms with Gasteiger partial charge in [-0.15, -0.1) is 0 Å². The van der Waals surface area contributed by atoms with Gasteiger partial charge < -0.3 is 10.4 Å². The monoisotopic (exact) mass is 219 g/mol. The first-order valence-electron chi connectivity index (χ1n) is 6.08. The van der Waals surface area contributed by atoms with E-state index in [9.17, 15) is 9.90 Å². The van der Waals surface area contributed by atoms with E-state index in [1.807, 2.05) is 0 Å². The molecule has 1 aliphatic heterocycles. The summed E-state index contributed by atoms with van der Waals surface area (Å²) in [5.74, 6) is -0.0233. The zero-order chi connectivity index (χ0) is 11.2. The molecule has 0 aromatic heterocycles. The lowest BCUT2D eigenvalue weighted by molar-refractivity contribution is -0.146. The van der Waals surface area contributed by atoms with Crippen LogP contribution in [0.1, 0.15) is 25.7 Å². The maximum Gasteiger partial charge on any atom is 0.315 e. The molecule has 16 heavy (non-hydrogen) atoms. The average molecular weight is 219 g/mol. The molecule has 3 aliphatic rings. The highest BCUT2D eigenvalue weighted by Gasteiger charge is 2.49. The molecule has 0 aromatic rings.